The number of nitrogens with zero attached hydrogens (tertiary/aromatic N) is 1. The predicted octanol–water partition coefficient (Wildman–Crippen LogP) is 2.77. The maximum Gasteiger partial charge on any atom is 0.314 e. The number of hydrogen-bond acceptors (Lipinski definition) is 4. The highest BCUT2D eigenvalue weighted by molar-refractivity contribution is 6.02. The van der Waals surface area contributed by atoms with Gasteiger partial charge in [-0.3, -0.25) is 14.4 Å². The van der Waals surface area contributed by atoms with Crippen LogP contribution in [0.1, 0.15) is 30.4 Å². The van der Waals surface area contributed by atoms with E-state index < -0.39 is 29.7 Å². The minimum absolute atomic E-state index is 0.106. The number of halogens is 1. The van der Waals surface area contributed by atoms with Crippen molar-refractivity contribution in [2.45, 2.75) is 31.8 Å². The number of carbonyl (C=O) groups excluding carboxylic acids is 3. The first-order valence-corrected chi connectivity index (χ1v) is 9.13. The maximum atomic E-state index is 13.4. The lowest BCUT2D eigenvalue weighted by Crippen LogP contribution is -2.40. The molecule has 2 aliphatic heterocycles. The van der Waals surface area contributed by atoms with Crippen molar-refractivity contribution in [1.29, 1.82) is 0 Å². The van der Waals surface area contributed by atoms with E-state index >= 15 is 0 Å². The van der Waals surface area contributed by atoms with Crippen LogP contribution in [0.25, 0.3) is 0 Å². The molecule has 4 rings (SSSR count). The van der Waals surface area contributed by atoms with Crippen LogP contribution in [-0.4, -0.2) is 30.4 Å². The van der Waals surface area contributed by atoms with Gasteiger partial charge >= 0.3 is 5.97 Å². The van der Waals surface area contributed by atoms with Crippen LogP contribution in [0.2, 0.25) is 0 Å². The van der Waals surface area contributed by atoms with Gasteiger partial charge in [0.05, 0.1) is 5.92 Å². The second-order valence-electron chi connectivity index (χ2n) is 6.98. The Kier molecular flexibility index (Phi) is 4.58. The summed E-state index contributed by atoms with van der Waals surface area (Å²) >= 11 is 0. The molecule has 0 fully saturated rings. The van der Waals surface area contributed by atoms with Crippen LogP contribution in [0.4, 0.5) is 15.8 Å². The van der Waals surface area contributed by atoms with Gasteiger partial charge in [-0.1, -0.05) is 24.3 Å². The van der Waals surface area contributed by atoms with Crippen LogP contribution >= 0.6 is 0 Å². The molecule has 0 aliphatic carbocycles. The minimum atomic E-state index is -0.993. The Labute approximate surface area is 161 Å². The van der Waals surface area contributed by atoms with Crippen LogP contribution in [0, 0.1) is 5.82 Å². The number of hydrogen-bond donors (Lipinski definition) is 1. The van der Waals surface area contributed by atoms with Gasteiger partial charge in [0.15, 0.2) is 6.10 Å². The highest BCUT2D eigenvalue weighted by Crippen LogP contribution is 2.34. The fraction of sp³-hybridized carbons (Fsp3) is 0.286. The first-order chi connectivity index (χ1) is 13.4. The number of carbonyl (C=O) groups is 3. The van der Waals surface area contributed by atoms with Crippen molar-refractivity contribution in [2.24, 2.45) is 0 Å². The molecule has 0 unspecified atom stereocenters. The number of ether oxygens (including phenoxy) is 1. The lowest BCUT2D eigenvalue weighted by Gasteiger charge is -2.26. The highest BCUT2D eigenvalue weighted by Gasteiger charge is 2.35. The first-order valence-electron chi connectivity index (χ1n) is 9.13. The first kappa shape index (κ1) is 18.2. The molecule has 1 N–H and O–H groups in total. The Morgan fingerprint density at radius 1 is 1.25 bits per heavy atom. The molecule has 0 aromatic heterocycles. The molecule has 7 heteroatoms. The van der Waals surface area contributed by atoms with Crippen molar-refractivity contribution in [2.75, 3.05) is 16.8 Å². The molecule has 2 heterocycles. The fourth-order valence-electron chi connectivity index (χ4n) is 3.74. The van der Waals surface area contributed by atoms with E-state index in [4.69, 9.17) is 4.74 Å². The summed E-state index contributed by atoms with van der Waals surface area (Å²) in [4.78, 5) is 39.0. The van der Waals surface area contributed by atoms with E-state index in [-0.39, 0.29) is 18.0 Å². The number of anilines is 2. The molecule has 0 spiro atoms. The number of para-hydroxylation sites is 1. The molecule has 0 saturated heterocycles. The van der Waals surface area contributed by atoms with Crippen LogP contribution in [-0.2, 0) is 25.5 Å². The lowest BCUT2D eigenvalue weighted by atomic mass is 9.90. The van der Waals surface area contributed by atoms with E-state index in [0.29, 0.717) is 12.1 Å². The summed E-state index contributed by atoms with van der Waals surface area (Å²) in [5.41, 5.74) is 2.64. The monoisotopic (exact) mass is 382 g/mol. The average Bonchev–Trinajstić information content (AvgIpc) is 3.10. The molecule has 2 aromatic carbocycles. The number of rotatable bonds is 3. The van der Waals surface area contributed by atoms with E-state index in [1.54, 1.807) is 4.90 Å². The maximum absolute atomic E-state index is 13.4. The second kappa shape index (κ2) is 7.07. The van der Waals surface area contributed by atoms with Crippen LogP contribution in [0.5, 0.6) is 0 Å². The topological polar surface area (TPSA) is 75.7 Å². The van der Waals surface area contributed by atoms with Crippen molar-refractivity contribution >= 4 is 29.2 Å². The summed E-state index contributed by atoms with van der Waals surface area (Å²) in [6.45, 7) is 2.06. The minimum Gasteiger partial charge on any atom is -0.452 e. The SMILES string of the molecule is C[C@H](OC(=O)[C@@H]1CC(=O)Nc2cc(F)ccc21)C(=O)N1CCc2ccccc21. The molecule has 2 aliphatic rings. The molecule has 2 aromatic rings. The normalized spacial score (nSPS) is 18.7. The fourth-order valence-corrected chi connectivity index (χ4v) is 3.74. The third-order valence-electron chi connectivity index (χ3n) is 5.13. The molecule has 0 saturated carbocycles. The van der Waals surface area contributed by atoms with Gasteiger partial charge < -0.3 is 15.0 Å². The summed E-state index contributed by atoms with van der Waals surface area (Å²) in [5.74, 6) is -2.75. The van der Waals surface area contributed by atoms with Gasteiger partial charge in [-0.2, -0.15) is 0 Å². The summed E-state index contributed by atoms with van der Waals surface area (Å²) < 4.78 is 18.9. The number of benzene rings is 2. The van der Waals surface area contributed by atoms with Crippen LogP contribution in [0.3, 0.4) is 0 Å². The van der Waals surface area contributed by atoms with Crippen LogP contribution in [0.15, 0.2) is 42.5 Å². The highest BCUT2D eigenvalue weighted by atomic mass is 19.1. The predicted molar refractivity (Wildman–Crippen MR) is 100 cm³/mol. The van der Waals surface area contributed by atoms with Crippen molar-refractivity contribution < 1.29 is 23.5 Å². The molecular formula is C21H19FN2O4. The van der Waals surface area contributed by atoms with Gasteiger partial charge in [0, 0.05) is 24.3 Å². The van der Waals surface area contributed by atoms with E-state index in [1.807, 2.05) is 24.3 Å². The number of esters is 1. The zero-order valence-corrected chi connectivity index (χ0v) is 15.3. The van der Waals surface area contributed by atoms with Crippen molar-refractivity contribution in [3.63, 3.8) is 0 Å². The van der Waals surface area contributed by atoms with E-state index in [9.17, 15) is 18.8 Å². The zero-order chi connectivity index (χ0) is 19.8. The van der Waals surface area contributed by atoms with E-state index in [0.717, 1.165) is 17.7 Å². The van der Waals surface area contributed by atoms with Gasteiger partial charge in [-0.15, -0.1) is 0 Å². The second-order valence-corrected chi connectivity index (χ2v) is 6.98. The molecular weight excluding hydrogens is 363 g/mol. The molecule has 2 amide bonds. The van der Waals surface area contributed by atoms with Gasteiger partial charge in [-0.05, 0) is 42.7 Å². The Morgan fingerprint density at radius 3 is 2.86 bits per heavy atom. The van der Waals surface area contributed by atoms with Gasteiger partial charge in [0.2, 0.25) is 5.91 Å². The van der Waals surface area contributed by atoms with E-state index in [2.05, 4.69) is 5.32 Å². The molecule has 0 bridgehead atoms. The lowest BCUT2D eigenvalue weighted by molar-refractivity contribution is -0.156. The quantitative estimate of drug-likeness (QED) is 0.829. The largest absolute Gasteiger partial charge is 0.452 e. The average molecular weight is 382 g/mol. The van der Waals surface area contributed by atoms with Crippen molar-refractivity contribution in [3.8, 4) is 0 Å². The number of amides is 2. The summed E-state index contributed by atoms with van der Waals surface area (Å²) in [7, 11) is 0. The Bertz CT molecular complexity index is 975. The summed E-state index contributed by atoms with van der Waals surface area (Å²) in [6, 6.07) is 11.5. The Hall–Kier alpha value is -3.22. The molecule has 2 atom stereocenters. The molecule has 0 radical (unpaired) electrons. The van der Waals surface area contributed by atoms with E-state index in [1.165, 1.54) is 25.1 Å². The Morgan fingerprint density at radius 2 is 2.04 bits per heavy atom. The number of nitrogens with one attached hydrogen (secondary N) is 1. The summed E-state index contributed by atoms with van der Waals surface area (Å²) in [6.07, 6.45) is -0.345. The van der Waals surface area contributed by atoms with Crippen molar-refractivity contribution in [3.05, 3.63) is 59.4 Å². The van der Waals surface area contributed by atoms with Crippen LogP contribution < -0.4 is 10.2 Å². The third kappa shape index (κ3) is 3.24. The molecule has 28 heavy (non-hydrogen) atoms. The number of fused-ring (bicyclic) bond motifs is 2. The third-order valence-corrected chi connectivity index (χ3v) is 5.13. The molecule has 144 valence electrons. The van der Waals surface area contributed by atoms with Gasteiger partial charge in [0.1, 0.15) is 5.82 Å². The van der Waals surface area contributed by atoms with Gasteiger partial charge in [0.25, 0.3) is 5.91 Å². The Balaban J connectivity index is 1.50. The smallest absolute Gasteiger partial charge is 0.314 e. The standard InChI is InChI=1S/C21H19FN2O4/c1-12(20(26)24-9-8-13-4-2-3-5-18(13)24)28-21(27)16-11-19(25)23-17-10-14(22)6-7-15(16)17/h2-7,10,12,16H,8-9,11H2,1H3,(H,23,25)/t12-,16+/m0/s1. The molecule has 6 nitrogen and oxygen atoms in total. The van der Waals surface area contributed by atoms with Gasteiger partial charge in [-0.25, -0.2) is 4.39 Å². The van der Waals surface area contributed by atoms with Crippen molar-refractivity contribution in [1.82, 2.24) is 0 Å². The zero-order valence-electron chi connectivity index (χ0n) is 15.3. The summed E-state index contributed by atoms with van der Waals surface area (Å²) in [5, 5.41) is 2.56.